The summed E-state index contributed by atoms with van der Waals surface area (Å²) in [4.78, 5) is 11.2. The number of hydrogen-bond acceptors (Lipinski definition) is 4. The van der Waals surface area contributed by atoms with Crippen molar-refractivity contribution in [3.05, 3.63) is 71.4 Å². The molecular formula is C20H18F2N4. The van der Waals surface area contributed by atoms with Gasteiger partial charge in [-0.3, -0.25) is 0 Å². The van der Waals surface area contributed by atoms with E-state index in [0.717, 1.165) is 23.9 Å². The molecule has 0 amide bonds. The third kappa shape index (κ3) is 2.98. The standard InChI is InChI=1S/C20H18F2N4/c1-12-9-19(24-17-8-7-15(21)11-16(17)22)25-20(23-12)26-13(2)10-14-5-3-4-6-18(14)26/h3-9,11,13H,10H2,1-2H3,(H,23,24,25). The molecule has 6 heteroatoms. The summed E-state index contributed by atoms with van der Waals surface area (Å²) in [5.41, 5.74) is 3.27. The van der Waals surface area contributed by atoms with Crippen LogP contribution in [0.4, 0.5) is 31.9 Å². The lowest BCUT2D eigenvalue weighted by atomic mass is 10.1. The van der Waals surface area contributed by atoms with Crippen LogP contribution >= 0.6 is 0 Å². The van der Waals surface area contributed by atoms with Crippen LogP contribution in [-0.4, -0.2) is 16.0 Å². The highest BCUT2D eigenvalue weighted by molar-refractivity contribution is 5.68. The highest BCUT2D eigenvalue weighted by Crippen LogP contribution is 2.37. The van der Waals surface area contributed by atoms with E-state index in [1.807, 2.05) is 19.1 Å². The van der Waals surface area contributed by atoms with Gasteiger partial charge in [-0.2, -0.15) is 4.98 Å². The third-order valence-electron chi connectivity index (χ3n) is 4.46. The van der Waals surface area contributed by atoms with E-state index in [2.05, 4.69) is 39.2 Å². The number of hydrogen-bond donors (Lipinski definition) is 1. The van der Waals surface area contributed by atoms with Gasteiger partial charge in [-0.1, -0.05) is 18.2 Å². The van der Waals surface area contributed by atoms with E-state index < -0.39 is 11.6 Å². The summed E-state index contributed by atoms with van der Waals surface area (Å²) >= 11 is 0. The molecule has 0 aliphatic carbocycles. The number of para-hydroxylation sites is 1. The van der Waals surface area contributed by atoms with Crippen LogP contribution in [0.1, 0.15) is 18.2 Å². The van der Waals surface area contributed by atoms with Gasteiger partial charge < -0.3 is 10.2 Å². The SMILES string of the molecule is Cc1cc(Nc2ccc(F)cc2F)nc(N2c3ccccc3CC2C)n1. The third-order valence-corrected chi connectivity index (χ3v) is 4.46. The van der Waals surface area contributed by atoms with Crippen molar-refractivity contribution >= 4 is 23.1 Å². The Balaban J connectivity index is 1.71. The molecule has 2 heterocycles. The Kier molecular flexibility index (Phi) is 4.03. The molecule has 3 aromatic rings. The zero-order valence-electron chi connectivity index (χ0n) is 14.5. The van der Waals surface area contributed by atoms with Crippen molar-refractivity contribution in [3.8, 4) is 0 Å². The Morgan fingerprint density at radius 1 is 1.08 bits per heavy atom. The predicted molar refractivity (Wildman–Crippen MR) is 98.2 cm³/mol. The van der Waals surface area contributed by atoms with Crippen molar-refractivity contribution < 1.29 is 8.78 Å². The second-order valence-electron chi connectivity index (χ2n) is 6.50. The number of aryl methyl sites for hydroxylation is 1. The fourth-order valence-corrected chi connectivity index (χ4v) is 3.32. The lowest BCUT2D eigenvalue weighted by Gasteiger charge is -2.23. The Labute approximate surface area is 150 Å². The molecule has 0 fully saturated rings. The van der Waals surface area contributed by atoms with Gasteiger partial charge >= 0.3 is 0 Å². The zero-order chi connectivity index (χ0) is 18.3. The average molecular weight is 352 g/mol. The lowest BCUT2D eigenvalue weighted by molar-refractivity contribution is 0.586. The summed E-state index contributed by atoms with van der Waals surface area (Å²) in [5, 5.41) is 2.92. The predicted octanol–water partition coefficient (Wildman–Crippen LogP) is 4.89. The van der Waals surface area contributed by atoms with Crippen molar-refractivity contribution in [1.82, 2.24) is 9.97 Å². The van der Waals surface area contributed by atoms with Crippen LogP contribution < -0.4 is 10.2 Å². The van der Waals surface area contributed by atoms with Crippen LogP contribution in [0.15, 0.2) is 48.5 Å². The van der Waals surface area contributed by atoms with Crippen molar-refractivity contribution in [2.24, 2.45) is 0 Å². The lowest BCUT2D eigenvalue weighted by Crippen LogP contribution is -2.26. The maximum atomic E-state index is 13.9. The zero-order valence-corrected chi connectivity index (χ0v) is 14.5. The number of halogens is 2. The molecule has 4 nitrogen and oxygen atoms in total. The number of aromatic nitrogens is 2. The minimum absolute atomic E-state index is 0.172. The first kappa shape index (κ1) is 16.4. The number of fused-ring (bicyclic) bond motifs is 1. The van der Waals surface area contributed by atoms with E-state index in [1.54, 1.807) is 6.07 Å². The van der Waals surface area contributed by atoms with Gasteiger partial charge in [-0.15, -0.1) is 0 Å². The first-order valence-electron chi connectivity index (χ1n) is 8.46. The molecule has 0 radical (unpaired) electrons. The van der Waals surface area contributed by atoms with E-state index in [9.17, 15) is 8.78 Å². The van der Waals surface area contributed by atoms with Crippen molar-refractivity contribution in [3.63, 3.8) is 0 Å². The van der Waals surface area contributed by atoms with Crippen LogP contribution in [0.5, 0.6) is 0 Å². The largest absolute Gasteiger partial charge is 0.338 e. The molecule has 132 valence electrons. The minimum Gasteiger partial charge on any atom is -0.338 e. The van der Waals surface area contributed by atoms with Gasteiger partial charge in [-0.05, 0) is 44.0 Å². The average Bonchev–Trinajstić information content (AvgIpc) is 2.92. The summed E-state index contributed by atoms with van der Waals surface area (Å²) in [6, 6.07) is 13.5. The molecule has 1 aliphatic heterocycles. The van der Waals surface area contributed by atoms with Crippen LogP contribution in [0.3, 0.4) is 0 Å². The van der Waals surface area contributed by atoms with Gasteiger partial charge in [0.05, 0.1) is 5.69 Å². The van der Waals surface area contributed by atoms with Gasteiger partial charge in [0.1, 0.15) is 17.5 Å². The fraction of sp³-hybridized carbons (Fsp3) is 0.200. The van der Waals surface area contributed by atoms with Gasteiger partial charge in [0.25, 0.3) is 0 Å². The first-order chi connectivity index (χ1) is 12.5. The molecule has 0 bridgehead atoms. The highest BCUT2D eigenvalue weighted by Gasteiger charge is 2.29. The van der Waals surface area contributed by atoms with Gasteiger partial charge in [0.15, 0.2) is 0 Å². The summed E-state index contributed by atoms with van der Waals surface area (Å²) in [6.45, 7) is 3.99. The molecule has 0 saturated heterocycles. The minimum atomic E-state index is -0.664. The Bertz CT molecular complexity index is 974. The Hall–Kier alpha value is -3.02. The quantitative estimate of drug-likeness (QED) is 0.729. The number of benzene rings is 2. The molecule has 0 spiro atoms. The molecule has 1 N–H and O–H groups in total. The van der Waals surface area contributed by atoms with Crippen molar-refractivity contribution in [2.45, 2.75) is 26.3 Å². The molecular weight excluding hydrogens is 334 g/mol. The van der Waals surface area contributed by atoms with E-state index in [0.29, 0.717) is 11.8 Å². The van der Waals surface area contributed by atoms with Gasteiger partial charge in [-0.25, -0.2) is 13.8 Å². The Morgan fingerprint density at radius 3 is 2.69 bits per heavy atom. The fourth-order valence-electron chi connectivity index (χ4n) is 3.32. The molecule has 0 saturated carbocycles. The smallest absolute Gasteiger partial charge is 0.232 e. The van der Waals surface area contributed by atoms with Gasteiger partial charge in [0.2, 0.25) is 5.95 Å². The maximum Gasteiger partial charge on any atom is 0.232 e. The number of nitrogens with one attached hydrogen (secondary N) is 1. The van der Waals surface area contributed by atoms with Crippen LogP contribution in [0.2, 0.25) is 0 Å². The molecule has 1 aromatic heterocycles. The van der Waals surface area contributed by atoms with Gasteiger partial charge in [0, 0.05) is 29.6 Å². The van der Waals surface area contributed by atoms with E-state index in [4.69, 9.17) is 0 Å². The molecule has 26 heavy (non-hydrogen) atoms. The van der Waals surface area contributed by atoms with E-state index >= 15 is 0 Å². The van der Waals surface area contributed by atoms with Crippen LogP contribution in [-0.2, 0) is 6.42 Å². The molecule has 2 aromatic carbocycles. The molecule has 1 unspecified atom stereocenters. The van der Waals surface area contributed by atoms with Crippen molar-refractivity contribution in [2.75, 3.05) is 10.2 Å². The normalized spacial score (nSPS) is 15.8. The Morgan fingerprint density at radius 2 is 1.88 bits per heavy atom. The summed E-state index contributed by atoms with van der Waals surface area (Å²) < 4.78 is 27.0. The number of nitrogens with zero attached hydrogens (tertiary/aromatic N) is 3. The summed E-state index contributed by atoms with van der Waals surface area (Å²) in [6.07, 6.45) is 0.919. The van der Waals surface area contributed by atoms with E-state index in [-0.39, 0.29) is 11.7 Å². The highest BCUT2D eigenvalue weighted by atomic mass is 19.1. The topological polar surface area (TPSA) is 41.1 Å². The summed E-state index contributed by atoms with van der Waals surface area (Å²) in [5.74, 6) is -0.250. The molecule has 4 rings (SSSR count). The van der Waals surface area contributed by atoms with Crippen LogP contribution in [0.25, 0.3) is 0 Å². The molecule has 1 aliphatic rings. The number of rotatable bonds is 3. The number of anilines is 4. The monoisotopic (exact) mass is 352 g/mol. The molecule has 1 atom stereocenters. The van der Waals surface area contributed by atoms with E-state index in [1.165, 1.54) is 17.7 Å². The second-order valence-corrected chi connectivity index (χ2v) is 6.50. The van der Waals surface area contributed by atoms with Crippen molar-refractivity contribution in [1.29, 1.82) is 0 Å². The van der Waals surface area contributed by atoms with Crippen LogP contribution in [0, 0.1) is 18.6 Å². The first-order valence-corrected chi connectivity index (χ1v) is 8.46. The maximum absolute atomic E-state index is 13.9. The second kappa shape index (κ2) is 6.37. The summed E-state index contributed by atoms with van der Waals surface area (Å²) in [7, 11) is 0.